The Bertz CT molecular complexity index is 1160. The Labute approximate surface area is 231 Å². The van der Waals surface area contributed by atoms with E-state index in [-0.39, 0.29) is 24.2 Å². The second-order valence-corrected chi connectivity index (χ2v) is 9.52. The molecule has 0 amide bonds. The van der Waals surface area contributed by atoms with Crippen molar-refractivity contribution in [2.24, 2.45) is 9.98 Å². The van der Waals surface area contributed by atoms with Gasteiger partial charge in [-0.2, -0.15) is 52.7 Å². The number of aliphatic hydroxyl groups is 2. The van der Waals surface area contributed by atoms with Gasteiger partial charge < -0.3 is 10.2 Å². The minimum absolute atomic E-state index is 0.0242. The van der Waals surface area contributed by atoms with Crippen LogP contribution in [0.15, 0.2) is 58.5 Å². The Morgan fingerprint density at radius 1 is 0.524 bits per heavy atom. The monoisotopic (exact) mass is 624 g/mol. The molecule has 16 heteroatoms. The van der Waals surface area contributed by atoms with Crippen LogP contribution in [-0.4, -0.2) is 57.5 Å². The van der Waals surface area contributed by atoms with Crippen LogP contribution in [0.1, 0.15) is 37.8 Å². The number of aryl methyl sites for hydroxylation is 2. The zero-order chi connectivity index (χ0) is 32.4. The highest BCUT2D eigenvalue weighted by Gasteiger charge is 2.71. The first-order chi connectivity index (χ1) is 18.9. The minimum atomic E-state index is -6.04. The van der Waals surface area contributed by atoms with Gasteiger partial charge in [-0.15, -0.1) is 0 Å². The van der Waals surface area contributed by atoms with Gasteiger partial charge in [0.25, 0.3) is 11.2 Å². The number of benzene rings is 2. The molecular weight excluding hydrogens is 600 g/mol. The van der Waals surface area contributed by atoms with E-state index >= 15 is 0 Å². The second-order valence-electron chi connectivity index (χ2n) is 9.52. The molecule has 0 aliphatic heterocycles. The van der Waals surface area contributed by atoms with Gasteiger partial charge in [-0.1, -0.05) is 36.4 Å². The number of nitrogens with zero attached hydrogens (tertiary/aromatic N) is 2. The van der Waals surface area contributed by atoms with E-state index in [4.69, 9.17) is 0 Å². The van der Waals surface area contributed by atoms with E-state index in [2.05, 4.69) is 9.98 Å². The summed E-state index contributed by atoms with van der Waals surface area (Å²) in [5.74, 6) is 0. The molecule has 0 radical (unpaired) electrons. The number of aliphatic imine (C=N–C) groups is 2. The number of alkyl halides is 12. The molecule has 2 aromatic carbocycles. The lowest BCUT2D eigenvalue weighted by molar-refractivity contribution is -0.365. The fourth-order valence-electron chi connectivity index (χ4n) is 3.89. The number of rotatable bonds is 9. The number of hydrogen-bond donors (Lipinski definition) is 2. The Hall–Kier alpha value is -3.14. The largest absolute Gasteiger partial charge is 0.426 e. The molecule has 0 saturated carbocycles. The van der Waals surface area contributed by atoms with Crippen molar-refractivity contribution in [3.05, 3.63) is 59.7 Å². The second kappa shape index (κ2) is 12.2. The molecule has 0 spiro atoms. The zero-order valence-electron chi connectivity index (χ0n) is 21.8. The molecule has 0 bridgehead atoms. The zero-order valence-corrected chi connectivity index (χ0v) is 21.8. The van der Waals surface area contributed by atoms with E-state index < -0.39 is 60.2 Å². The lowest BCUT2D eigenvalue weighted by Crippen LogP contribution is -2.57. The van der Waals surface area contributed by atoms with Crippen molar-refractivity contribution in [1.29, 1.82) is 0 Å². The Morgan fingerprint density at radius 2 is 0.786 bits per heavy atom. The quantitative estimate of drug-likeness (QED) is 0.219. The summed E-state index contributed by atoms with van der Waals surface area (Å²) in [4.78, 5) is 7.66. The number of halogens is 12. The van der Waals surface area contributed by atoms with Crippen LogP contribution in [0.2, 0.25) is 0 Å². The number of hydrogen-bond acceptors (Lipinski definition) is 4. The first-order valence-corrected chi connectivity index (χ1v) is 11.9. The summed E-state index contributed by atoms with van der Waals surface area (Å²) in [7, 11) is 0. The lowest BCUT2D eigenvalue weighted by atomic mass is 9.95. The van der Waals surface area contributed by atoms with Crippen LogP contribution >= 0.6 is 0 Å². The molecule has 234 valence electrons. The van der Waals surface area contributed by atoms with Gasteiger partial charge in [-0.3, -0.25) is 9.98 Å². The third-order valence-electron chi connectivity index (χ3n) is 6.17. The topological polar surface area (TPSA) is 65.2 Å². The van der Waals surface area contributed by atoms with Crippen molar-refractivity contribution in [2.75, 3.05) is 0 Å². The van der Waals surface area contributed by atoms with Crippen LogP contribution in [-0.2, 0) is 12.8 Å². The fourth-order valence-corrected chi connectivity index (χ4v) is 3.89. The van der Waals surface area contributed by atoms with Crippen molar-refractivity contribution in [3.63, 3.8) is 0 Å². The molecule has 2 aromatic rings. The van der Waals surface area contributed by atoms with Crippen LogP contribution in [0.5, 0.6) is 0 Å². The Kier molecular flexibility index (Phi) is 10.2. The van der Waals surface area contributed by atoms with Gasteiger partial charge in [-0.25, -0.2) is 0 Å². The maximum atomic E-state index is 13.1. The van der Waals surface area contributed by atoms with Gasteiger partial charge in [-0.05, 0) is 49.9 Å². The van der Waals surface area contributed by atoms with E-state index in [1.807, 2.05) is 0 Å². The van der Waals surface area contributed by atoms with Gasteiger partial charge in [0.2, 0.25) is 0 Å². The Morgan fingerprint density at radius 3 is 1.05 bits per heavy atom. The van der Waals surface area contributed by atoms with E-state index in [1.54, 1.807) is 0 Å². The highest BCUT2D eigenvalue weighted by atomic mass is 19.4. The van der Waals surface area contributed by atoms with Crippen molar-refractivity contribution in [1.82, 2.24) is 0 Å². The van der Waals surface area contributed by atoms with E-state index in [9.17, 15) is 62.9 Å². The fraction of sp³-hybridized carbons (Fsp3) is 0.462. The molecule has 42 heavy (non-hydrogen) atoms. The first kappa shape index (κ1) is 35.1. The molecule has 2 N–H and O–H groups in total. The lowest BCUT2D eigenvalue weighted by Gasteiger charge is -2.32. The van der Waals surface area contributed by atoms with Crippen LogP contribution in [0.4, 0.5) is 64.1 Å². The average Bonchev–Trinajstić information content (AvgIpc) is 2.81. The van der Waals surface area contributed by atoms with Gasteiger partial charge in [0.15, 0.2) is 0 Å². The normalized spacial score (nSPS) is 14.9. The summed E-state index contributed by atoms with van der Waals surface area (Å²) in [6, 6.07) is 11.3. The maximum absolute atomic E-state index is 13.1. The van der Waals surface area contributed by atoms with Crippen LogP contribution in [0.25, 0.3) is 0 Å². The van der Waals surface area contributed by atoms with Gasteiger partial charge in [0, 0.05) is 24.3 Å². The molecule has 0 atom stereocenters. The van der Waals surface area contributed by atoms with Crippen molar-refractivity contribution >= 4 is 22.8 Å². The summed E-state index contributed by atoms with van der Waals surface area (Å²) < 4.78 is 157. The molecule has 0 aromatic heterocycles. The van der Waals surface area contributed by atoms with Gasteiger partial charge in [0.05, 0.1) is 11.4 Å². The molecule has 0 saturated heterocycles. The third kappa shape index (κ3) is 7.82. The molecule has 2 rings (SSSR count). The predicted octanol–water partition coefficient (Wildman–Crippen LogP) is 8.15. The molecular formula is C26H24F12N2O2. The Balaban J connectivity index is 2.34. The first-order valence-electron chi connectivity index (χ1n) is 11.9. The van der Waals surface area contributed by atoms with Crippen molar-refractivity contribution < 1.29 is 62.9 Å². The SMILES string of the molecule is CC(CC(O)(C(F)(F)F)C(F)(F)F)=Nc1ccccc1CCc1ccccc1N=C(C)CC(O)(C(F)(F)F)C(F)(F)F. The highest BCUT2D eigenvalue weighted by Crippen LogP contribution is 2.47. The van der Waals surface area contributed by atoms with Crippen LogP contribution in [0, 0.1) is 0 Å². The smallest absolute Gasteiger partial charge is 0.373 e. The predicted molar refractivity (Wildman–Crippen MR) is 129 cm³/mol. The molecule has 0 aliphatic rings. The summed E-state index contributed by atoms with van der Waals surface area (Å²) >= 11 is 0. The number of para-hydroxylation sites is 2. The minimum Gasteiger partial charge on any atom is -0.373 e. The molecule has 0 heterocycles. The van der Waals surface area contributed by atoms with Crippen LogP contribution in [0.3, 0.4) is 0 Å². The van der Waals surface area contributed by atoms with Gasteiger partial charge >= 0.3 is 24.7 Å². The van der Waals surface area contributed by atoms with Crippen molar-refractivity contribution in [3.8, 4) is 0 Å². The molecule has 4 nitrogen and oxygen atoms in total. The van der Waals surface area contributed by atoms with Crippen LogP contribution < -0.4 is 0 Å². The average molecular weight is 624 g/mol. The summed E-state index contributed by atoms with van der Waals surface area (Å²) in [5, 5.41) is 18.9. The van der Waals surface area contributed by atoms with E-state index in [0.29, 0.717) is 11.1 Å². The summed E-state index contributed by atoms with van der Waals surface area (Å²) in [6.07, 6.45) is -27.9. The maximum Gasteiger partial charge on any atom is 0.426 e. The van der Waals surface area contributed by atoms with E-state index in [1.165, 1.54) is 48.5 Å². The molecule has 0 fully saturated rings. The van der Waals surface area contributed by atoms with Crippen molar-refractivity contribution in [2.45, 2.75) is 75.4 Å². The highest BCUT2D eigenvalue weighted by molar-refractivity contribution is 5.86. The third-order valence-corrected chi connectivity index (χ3v) is 6.17. The summed E-state index contributed by atoms with van der Waals surface area (Å²) in [5.41, 5.74) is -10.9. The molecule has 0 aliphatic carbocycles. The standard InChI is InChI=1S/C26H24F12N2O2/c1-15(13-21(41,23(27,28)29)24(30,31)32)39-19-9-5-3-7-17(19)11-12-18-8-4-6-10-20(18)40-16(2)14-22(42,25(33,34)35)26(36,37)38/h3-10,41-42H,11-14H2,1-2H3. The molecule has 0 unspecified atom stereocenters. The van der Waals surface area contributed by atoms with Gasteiger partial charge in [0.1, 0.15) is 0 Å². The van der Waals surface area contributed by atoms with E-state index in [0.717, 1.165) is 13.8 Å². The summed E-state index contributed by atoms with van der Waals surface area (Å²) in [6.45, 7) is 1.74.